The number of nitrogens with one attached hydrogen (secondary N) is 2. The molecule has 0 bridgehead atoms. The van der Waals surface area contributed by atoms with Crippen molar-refractivity contribution in [1.82, 2.24) is 10.0 Å². The van der Waals surface area contributed by atoms with Crippen LogP contribution >= 0.6 is 11.3 Å². The van der Waals surface area contributed by atoms with Crippen LogP contribution in [0.15, 0.2) is 15.7 Å². The molecule has 1 aromatic heterocycles. The van der Waals surface area contributed by atoms with Crippen LogP contribution < -0.4 is 15.8 Å². The van der Waals surface area contributed by atoms with E-state index in [-0.39, 0.29) is 22.2 Å². The predicted molar refractivity (Wildman–Crippen MR) is 75.0 cm³/mol. The molecule has 2 heterocycles. The number of thiophene rings is 1. The maximum Gasteiger partial charge on any atom is 0.250 e. The van der Waals surface area contributed by atoms with Crippen molar-refractivity contribution >= 4 is 27.3 Å². The molecule has 112 valence electrons. The Hall–Kier alpha value is -1.00. The van der Waals surface area contributed by atoms with Crippen molar-refractivity contribution in [2.75, 3.05) is 19.6 Å². The SMILES string of the molecule is NC(=O)c1csc(S(=O)(=O)NC[C@@H]2CCNC[C@H]2O)c1. The van der Waals surface area contributed by atoms with Gasteiger partial charge in [0.15, 0.2) is 0 Å². The monoisotopic (exact) mass is 319 g/mol. The fraction of sp³-hybridized carbons (Fsp3) is 0.545. The average molecular weight is 319 g/mol. The van der Waals surface area contributed by atoms with Gasteiger partial charge in [0.2, 0.25) is 15.9 Å². The van der Waals surface area contributed by atoms with Crippen LogP contribution in [0, 0.1) is 5.92 Å². The lowest BCUT2D eigenvalue weighted by Crippen LogP contribution is -2.45. The molecule has 5 N–H and O–H groups in total. The van der Waals surface area contributed by atoms with Gasteiger partial charge in [0, 0.05) is 24.4 Å². The van der Waals surface area contributed by atoms with E-state index in [1.54, 1.807) is 0 Å². The highest BCUT2D eigenvalue weighted by molar-refractivity contribution is 7.91. The van der Waals surface area contributed by atoms with E-state index in [2.05, 4.69) is 10.0 Å². The van der Waals surface area contributed by atoms with E-state index in [1.165, 1.54) is 11.4 Å². The summed E-state index contributed by atoms with van der Waals surface area (Å²) in [4.78, 5) is 11.0. The summed E-state index contributed by atoms with van der Waals surface area (Å²) in [5.41, 5.74) is 5.27. The molecule has 1 aromatic rings. The van der Waals surface area contributed by atoms with Gasteiger partial charge in [-0.05, 0) is 19.0 Å². The van der Waals surface area contributed by atoms with E-state index in [9.17, 15) is 18.3 Å². The zero-order valence-electron chi connectivity index (χ0n) is 10.7. The Labute approximate surface area is 121 Å². The molecule has 1 saturated heterocycles. The quantitative estimate of drug-likeness (QED) is 0.560. The molecule has 2 atom stereocenters. The minimum Gasteiger partial charge on any atom is -0.391 e. The number of piperidine rings is 1. The Kier molecular flexibility index (Phi) is 4.76. The maximum absolute atomic E-state index is 12.1. The molecule has 0 radical (unpaired) electrons. The second-order valence-electron chi connectivity index (χ2n) is 4.69. The molecule has 1 fully saturated rings. The average Bonchev–Trinajstić information content (AvgIpc) is 2.88. The number of aliphatic hydroxyl groups excluding tert-OH is 1. The first-order chi connectivity index (χ1) is 9.40. The molecule has 1 aliphatic heterocycles. The van der Waals surface area contributed by atoms with Crippen LogP contribution in [0.3, 0.4) is 0 Å². The Morgan fingerprint density at radius 2 is 2.35 bits per heavy atom. The third kappa shape index (κ3) is 3.55. The molecule has 0 saturated carbocycles. The zero-order valence-corrected chi connectivity index (χ0v) is 12.3. The molecule has 2 rings (SSSR count). The number of primary amides is 1. The van der Waals surface area contributed by atoms with E-state index < -0.39 is 22.0 Å². The van der Waals surface area contributed by atoms with Gasteiger partial charge >= 0.3 is 0 Å². The number of carbonyl (C=O) groups excluding carboxylic acids is 1. The Morgan fingerprint density at radius 1 is 1.60 bits per heavy atom. The molecule has 1 amide bonds. The molecule has 7 nitrogen and oxygen atoms in total. The van der Waals surface area contributed by atoms with Gasteiger partial charge in [-0.25, -0.2) is 13.1 Å². The van der Waals surface area contributed by atoms with Crippen LogP contribution in [0.1, 0.15) is 16.8 Å². The molecule has 20 heavy (non-hydrogen) atoms. The number of nitrogens with two attached hydrogens (primary N) is 1. The smallest absolute Gasteiger partial charge is 0.250 e. The first-order valence-electron chi connectivity index (χ1n) is 6.17. The lowest BCUT2D eigenvalue weighted by Gasteiger charge is -2.28. The van der Waals surface area contributed by atoms with Crippen molar-refractivity contribution in [2.24, 2.45) is 11.7 Å². The molecular weight excluding hydrogens is 302 g/mol. The van der Waals surface area contributed by atoms with Crippen molar-refractivity contribution in [2.45, 2.75) is 16.7 Å². The molecule has 0 spiro atoms. The molecule has 0 unspecified atom stereocenters. The maximum atomic E-state index is 12.1. The minimum absolute atomic E-state index is 0.0507. The Balaban J connectivity index is 2.01. The number of amides is 1. The minimum atomic E-state index is -3.67. The molecule has 0 aromatic carbocycles. The van der Waals surface area contributed by atoms with E-state index in [0.29, 0.717) is 13.0 Å². The lowest BCUT2D eigenvalue weighted by molar-refractivity contribution is 0.0844. The Bertz CT molecular complexity index is 584. The van der Waals surface area contributed by atoms with Gasteiger partial charge in [-0.2, -0.15) is 0 Å². The third-order valence-electron chi connectivity index (χ3n) is 3.25. The summed E-state index contributed by atoms with van der Waals surface area (Å²) in [6.07, 6.45) is 0.150. The Morgan fingerprint density at radius 3 is 2.95 bits per heavy atom. The molecular formula is C11H17N3O4S2. The number of sulfonamides is 1. The topological polar surface area (TPSA) is 122 Å². The first-order valence-corrected chi connectivity index (χ1v) is 8.53. The van der Waals surface area contributed by atoms with Crippen LogP contribution in [-0.4, -0.2) is 45.2 Å². The molecule has 1 aliphatic rings. The highest BCUT2D eigenvalue weighted by Crippen LogP contribution is 2.20. The second kappa shape index (κ2) is 6.19. The van der Waals surface area contributed by atoms with Gasteiger partial charge in [-0.1, -0.05) is 0 Å². The second-order valence-corrected chi connectivity index (χ2v) is 7.60. The summed E-state index contributed by atoms with van der Waals surface area (Å²) in [5, 5.41) is 14.2. The van der Waals surface area contributed by atoms with Gasteiger partial charge in [-0.3, -0.25) is 4.79 Å². The van der Waals surface area contributed by atoms with Gasteiger partial charge in [-0.15, -0.1) is 11.3 Å². The zero-order chi connectivity index (χ0) is 14.8. The normalized spacial score (nSPS) is 23.6. The van der Waals surface area contributed by atoms with Crippen molar-refractivity contribution in [3.8, 4) is 0 Å². The summed E-state index contributed by atoms with van der Waals surface area (Å²) >= 11 is 0.946. The standard InChI is InChI=1S/C11H17N3O4S2/c12-11(16)8-3-10(19-6-8)20(17,18)14-4-7-1-2-13-5-9(7)15/h3,6-7,9,13-15H,1-2,4-5H2,(H2,12,16)/t7-,9+/m0/s1. The van der Waals surface area contributed by atoms with Crippen molar-refractivity contribution in [3.63, 3.8) is 0 Å². The highest BCUT2D eigenvalue weighted by atomic mass is 32.2. The van der Waals surface area contributed by atoms with E-state index >= 15 is 0 Å². The van der Waals surface area contributed by atoms with E-state index in [4.69, 9.17) is 5.73 Å². The van der Waals surface area contributed by atoms with Crippen LogP contribution in [0.5, 0.6) is 0 Å². The van der Waals surface area contributed by atoms with Crippen LogP contribution in [0.25, 0.3) is 0 Å². The van der Waals surface area contributed by atoms with Crippen molar-refractivity contribution < 1.29 is 18.3 Å². The molecule has 9 heteroatoms. The highest BCUT2D eigenvalue weighted by Gasteiger charge is 2.25. The first kappa shape index (κ1) is 15.4. The van der Waals surface area contributed by atoms with Gasteiger partial charge < -0.3 is 16.2 Å². The fourth-order valence-electron chi connectivity index (χ4n) is 2.01. The number of carbonyl (C=O) groups is 1. The third-order valence-corrected chi connectivity index (χ3v) is 6.11. The lowest BCUT2D eigenvalue weighted by atomic mass is 9.96. The number of aliphatic hydroxyl groups is 1. The van der Waals surface area contributed by atoms with Crippen molar-refractivity contribution in [1.29, 1.82) is 0 Å². The number of hydrogen-bond donors (Lipinski definition) is 4. The van der Waals surface area contributed by atoms with Gasteiger partial charge in [0.05, 0.1) is 11.7 Å². The van der Waals surface area contributed by atoms with E-state index in [0.717, 1.165) is 17.9 Å². The summed E-state index contributed by atoms with van der Waals surface area (Å²) in [5.74, 6) is -0.766. The summed E-state index contributed by atoms with van der Waals surface area (Å²) in [6.45, 7) is 1.40. The van der Waals surface area contributed by atoms with Crippen molar-refractivity contribution in [3.05, 3.63) is 17.0 Å². The van der Waals surface area contributed by atoms with Crippen LogP contribution in [-0.2, 0) is 10.0 Å². The van der Waals surface area contributed by atoms with Crippen LogP contribution in [0.4, 0.5) is 0 Å². The summed E-state index contributed by atoms with van der Waals surface area (Å²) in [7, 11) is -3.67. The number of rotatable bonds is 5. The summed E-state index contributed by atoms with van der Waals surface area (Å²) in [6, 6.07) is 1.26. The van der Waals surface area contributed by atoms with Crippen LogP contribution in [0.2, 0.25) is 0 Å². The summed E-state index contributed by atoms with van der Waals surface area (Å²) < 4.78 is 26.7. The molecule has 0 aliphatic carbocycles. The van der Waals surface area contributed by atoms with Gasteiger partial charge in [0.25, 0.3) is 0 Å². The number of β-amino-alcohol motifs (C(OH)–C–C–N with tert-alkyl or cyclic N) is 1. The largest absolute Gasteiger partial charge is 0.391 e. The predicted octanol–water partition coefficient (Wildman–Crippen LogP) is -0.904. The fourth-order valence-corrected chi connectivity index (χ4v) is 4.32. The van der Waals surface area contributed by atoms with Gasteiger partial charge in [0.1, 0.15) is 4.21 Å². The van der Waals surface area contributed by atoms with E-state index in [1.807, 2.05) is 0 Å². The number of hydrogen-bond acceptors (Lipinski definition) is 6.